The third-order valence-corrected chi connectivity index (χ3v) is 5.04. The summed E-state index contributed by atoms with van der Waals surface area (Å²) < 4.78 is 0. The fraction of sp³-hybridized carbons (Fsp3) is 0.353. The van der Waals surface area contributed by atoms with E-state index in [2.05, 4.69) is 4.98 Å². The summed E-state index contributed by atoms with van der Waals surface area (Å²) in [6.45, 7) is 2.84. The van der Waals surface area contributed by atoms with Crippen molar-refractivity contribution in [1.29, 1.82) is 0 Å². The van der Waals surface area contributed by atoms with Crippen LogP contribution in [0.5, 0.6) is 0 Å². The molecule has 1 atom stereocenters. The van der Waals surface area contributed by atoms with Crippen LogP contribution in [-0.2, 0) is 4.79 Å². The van der Waals surface area contributed by atoms with Crippen LogP contribution in [0.4, 0.5) is 0 Å². The highest BCUT2D eigenvalue weighted by Gasteiger charge is 2.28. The molecule has 0 bridgehead atoms. The number of amides is 1. The van der Waals surface area contributed by atoms with Crippen molar-refractivity contribution in [3.05, 3.63) is 40.9 Å². The van der Waals surface area contributed by atoms with Crippen molar-refractivity contribution in [3.8, 4) is 10.6 Å². The zero-order valence-electron chi connectivity index (χ0n) is 12.9. The number of carboxylic acids is 1. The maximum atomic E-state index is 12.7. The van der Waals surface area contributed by atoms with Gasteiger partial charge in [0, 0.05) is 35.3 Å². The number of benzene rings is 1. The van der Waals surface area contributed by atoms with E-state index >= 15 is 0 Å². The normalized spacial score (nSPS) is 18.0. The molecule has 0 radical (unpaired) electrons. The molecule has 120 valence electrons. The Morgan fingerprint density at radius 2 is 2.22 bits per heavy atom. The predicted octanol–water partition coefficient (Wildman–Crippen LogP) is 3.06. The third-order valence-electron chi connectivity index (χ3n) is 4.03. The summed E-state index contributed by atoms with van der Waals surface area (Å²) in [5, 5.41) is 12.0. The maximum Gasteiger partial charge on any atom is 0.308 e. The number of aromatic nitrogens is 1. The van der Waals surface area contributed by atoms with Crippen LogP contribution in [0.25, 0.3) is 10.6 Å². The first-order valence-electron chi connectivity index (χ1n) is 7.59. The molecular weight excluding hydrogens is 312 g/mol. The molecule has 0 aliphatic carbocycles. The van der Waals surface area contributed by atoms with Crippen LogP contribution < -0.4 is 0 Å². The number of hydrogen-bond acceptors (Lipinski definition) is 4. The van der Waals surface area contributed by atoms with Crippen molar-refractivity contribution < 1.29 is 14.7 Å². The highest BCUT2D eigenvalue weighted by Crippen LogP contribution is 2.25. The lowest BCUT2D eigenvalue weighted by Gasteiger charge is -2.30. The van der Waals surface area contributed by atoms with Gasteiger partial charge in [0.1, 0.15) is 5.01 Å². The minimum absolute atomic E-state index is 0.105. The van der Waals surface area contributed by atoms with E-state index < -0.39 is 11.9 Å². The molecule has 6 heteroatoms. The summed E-state index contributed by atoms with van der Waals surface area (Å²) >= 11 is 1.55. The van der Waals surface area contributed by atoms with Gasteiger partial charge in [0.25, 0.3) is 5.91 Å². The lowest BCUT2D eigenvalue weighted by atomic mass is 9.97. The van der Waals surface area contributed by atoms with Gasteiger partial charge in [-0.2, -0.15) is 0 Å². The number of thiazole rings is 1. The summed E-state index contributed by atoms with van der Waals surface area (Å²) in [6, 6.07) is 7.39. The zero-order valence-corrected chi connectivity index (χ0v) is 13.7. The van der Waals surface area contributed by atoms with E-state index in [9.17, 15) is 9.59 Å². The van der Waals surface area contributed by atoms with Crippen molar-refractivity contribution in [2.75, 3.05) is 13.1 Å². The second-order valence-corrected chi connectivity index (χ2v) is 6.66. The average molecular weight is 330 g/mol. The summed E-state index contributed by atoms with van der Waals surface area (Å²) in [4.78, 5) is 29.9. The summed E-state index contributed by atoms with van der Waals surface area (Å²) in [7, 11) is 0. The van der Waals surface area contributed by atoms with Gasteiger partial charge in [0.2, 0.25) is 0 Å². The number of aryl methyl sites for hydroxylation is 1. The molecule has 0 unspecified atom stereocenters. The van der Waals surface area contributed by atoms with Crippen LogP contribution >= 0.6 is 11.3 Å². The number of aliphatic carboxylic acids is 1. The number of carbonyl (C=O) groups excluding carboxylic acids is 1. The first-order valence-corrected chi connectivity index (χ1v) is 8.47. The van der Waals surface area contributed by atoms with Gasteiger partial charge in [0.15, 0.2) is 0 Å². The Hall–Kier alpha value is -2.21. The van der Waals surface area contributed by atoms with Gasteiger partial charge >= 0.3 is 5.97 Å². The van der Waals surface area contributed by atoms with Gasteiger partial charge in [-0.05, 0) is 31.9 Å². The number of piperidine rings is 1. The van der Waals surface area contributed by atoms with Gasteiger partial charge in [0.05, 0.1) is 5.92 Å². The Kier molecular flexibility index (Phi) is 4.43. The Morgan fingerprint density at radius 1 is 1.39 bits per heavy atom. The fourth-order valence-electron chi connectivity index (χ4n) is 2.82. The second-order valence-electron chi connectivity index (χ2n) is 5.80. The van der Waals surface area contributed by atoms with Crippen molar-refractivity contribution >= 4 is 23.2 Å². The topological polar surface area (TPSA) is 70.5 Å². The lowest BCUT2D eigenvalue weighted by molar-refractivity contribution is -0.143. The molecular formula is C17H18N2O3S. The van der Waals surface area contributed by atoms with Crippen LogP contribution in [0.2, 0.25) is 0 Å². The van der Waals surface area contributed by atoms with E-state index in [4.69, 9.17) is 5.11 Å². The van der Waals surface area contributed by atoms with Crippen LogP contribution in [0.1, 0.15) is 28.9 Å². The lowest BCUT2D eigenvalue weighted by Crippen LogP contribution is -2.42. The molecule has 1 fully saturated rings. The number of likely N-dealkylation sites (tertiary alicyclic amines) is 1. The first-order chi connectivity index (χ1) is 11.0. The van der Waals surface area contributed by atoms with Crippen molar-refractivity contribution in [2.24, 2.45) is 5.92 Å². The summed E-state index contributed by atoms with van der Waals surface area (Å²) in [5.41, 5.74) is 2.46. The molecule has 0 saturated carbocycles. The number of carboxylic acid groups (broad SMARTS) is 1. The molecule has 1 aromatic heterocycles. The molecule has 2 heterocycles. The first kappa shape index (κ1) is 15.7. The molecule has 1 aliphatic rings. The van der Waals surface area contributed by atoms with E-state index in [-0.39, 0.29) is 12.5 Å². The zero-order chi connectivity index (χ0) is 16.4. The molecule has 1 aromatic carbocycles. The molecule has 1 saturated heterocycles. The van der Waals surface area contributed by atoms with Crippen molar-refractivity contribution in [1.82, 2.24) is 9.88 Å². The van der Waals surface area contributed by atoms with Gasteiger partial charge in [-0.15, -0.1) is 11.3 Å². The van der Waals surface area contributed by atoms with Crippen molar-refractivity contribution in [3.63, 3.8) is 0 Å². The largest absolute Gasteiger partial charge is 0.481 e. The van der Waals surface area contributed by atoms with Gasteiger partial charge in [-0.1, -0.05) is 12.1 Å². The van der Waals surface area contributed by atoms with E-state index in [1.54, 1.807) is 22.3 Å². The molecule has 1 amide bonds. The number of carbonyl (C=O) groups is 2. The molecule has 5 nitrogen and oxygen atoms in total. The Bertz CT molecular complexity index is 741. The van der Waals surface area contributed by atoms with Crippen LogP contribution in [-0.4, -0.2) is 40.0 Å². The van der Waals surface area contributed by atoms with Crippen molar-refractivity contribution in [2.45, 2.75) is 19.8 Å². The molecule has 1 N–H and O–H groups in total. The highest BCUT2D eigenvalue weighted by atomic mass is 32.1. The number of hydrogen-bond donors (Lipinski definition) is 1. The fourth-order valence-corrected chi connectivity index (χ4v) is 3.61. The third kappa shape index (κ3) is 3.42. The van der Waals surface area contributed by atoms with Gasteiger partial charge < -0.3 is 10.0 Å². The minimum Gasteiger partial charge on any atom is -0.481 e. The predicted molar refractivity (Wildman–Crippen MR) is 88.6 cm³/mol. The molecule has 3 rings (SSSR count). The SMILES string of the molecule is Cc1csc(-c2cccc(C(=O)N3CCC[C@H](C(=O)O)C3)c2)n1. The van der Waals surface area contributed by atoms with Gasteiger partial charge in [-0.25, -0.2) is 4.98 Å². The Balaban J connectivity index is 1.81. The molecule has 23 heavy (non-hydrogen) atoms. The van der Waals surface area contributed by atoms with E-state index in [1.165, 1.54) is 0 Å². The smallest absolute Gasteiger partial charge is 0.308 e. The van der Waals surface area contributed by atoms with E-state index in [0.29, 0.717) is 18.5 Å². The Labute approximate surface area is 138 Å². The monoisotopic (exact) mass is 330 g/mol. The maximum absolute atomic E-state index is 12.7. The quantitative estimate of drug-likeness (QED) is 0.939. The van der Waals surface area contributed by atoms with Crippen LogP contribution in [0.3, 0.4) is 0 Å². The summed E-state index contributed by atoms with van der Waals surface area (Å²) in [5.74, 6) is -1.39. The van der Waals surface area contributed by atoms with E-state index in [1.807, 2.05) is 30.5 Å². The number of nitrogens with zero attached hydrogens (tertiary/aromatic N) is 2. The summed E-state index contributed by atoms with van der Waals surface area (Å²) in [6.07, 6.45) is 1.37. The van der Waals surface area contributed by atoms with Crippen LogP contribution in [0, 0.1) is 12.8 Å². The van der Waals surface area contributed by atoms with E-state index in [0.717, 1.165) is 22.7 Å². The molecule has 1 aliphatic heterocycles. The highest BCUT2D eigenvalue weighted by molar-refractivity contribution is 7.13. The molecule has 0 spiro atoms. The second kappa shape index (κ2) is 6.50. The average Bonchev–Trinajstić information content (AvgIpc) is 3.01. The Morgan fingerprint density at radius 3 is 2.91 bits per heavy atom. The standard InChI is InChI=1S/C17H18N2O3S/c1-11-10-23-15(18-11)12-4-2-5-13(8-12)16(20)19-7-3-6-14(9-19)17(21)22/h2,4-5,8,10,14H,3,6-7,9H2,1H3,(H,21,22)/t14-/m0/s1. The molecule has 2 aromatic rings. The van der Waals surface area contributed by atoms with Crippen LogP contribution in [0.15, 0.2) is 29.6 Å². The van der Waals surface area contributed by atoms with Gasteiger partial charge in [-0.3, -0.25) is 9.59 Å². The number of rotatable bonds is 3. The minimum atomic E-state index is -0.825.